The predicted octanol–water partition coefficient (Wildman–Crippen LogP) is 4.03. The van der Waals surface area contributed by atoms with Crippen LogP contribution in [0.15, 0.2) is 18.2 Å². The van der Waals surface area contributed by atoms with Crippen molar-refractivity contribution < 1.29 is 17.9 Å². The SMILES string of the molecule is FC(F)(F)OCc1cc(Cl)cc(Cl)c1. The fraction of sp³-hybridized carbons (Fsp3) is 0.250. The summed E-state index contributed by atoms with van der Waals surface area (Å²) in [5.74, 6) is 0. The second-order valence-electron chi connectivity index (χ2n) is 2.51. The van der Waals surface area contributed by atoms with Gasteiger partial charge in [0.05, 0.1) is 6.61 Å². The molecule has 1 aromatic rings. The summed E-state index contributed by atoms with van der Waals surface area (Å²) in [6.07, 6.45) is -4.64. The number of benzene rings is 1. The third kappa shape index (κ3) is 4.17. The highest BCUT2D eigenvalue weighted by Crippen LogP contribution is 2.23. The number of alkyl halides is 3. The summed E-state index contributed by atoms with van der Waals surface area (Å²) in [5.41, 5.74) is 0.278. The highest BCUT2D eigenvalue weighted by molar-refractivity contribution is 6.34. The maximum absolute atomic E-state index is 11.7. The van der Waals surface area contributed by atoms with Crippen molar-refractivity contribution in [3.05, 3.63) is 33.8 Å². The first-order chi connectivity index (χ1) is 6.37. The van der Waals surface area contributed by atoms with Gasteiger partial charge in [-0.15, -0.1) is 13.2 Å². The number of hydrogen-bond acceptors (Lipinski definition) is 1. The first kappa shape index (κ1) is 11.6. The summed E-state index contributed by atoms with van der Waals surface area (Å²) in [4.78, 5) is 0. The molecule has 0 N–H and O–H groups in total. The van der Waals surface area contributed by atoms with Gasteiger partial charge >= 0.3 is 6.36 Å². The van der Waals surface area contributed by atoms with Gasteiger partial charge in [-0.05, 0) is 23.8 Å². The molecule has 0 spiro atoms. The van der Waals surface area contributed by atoms with Gasteiger partial charge in [0.2, 0.25) is 0 Å². The van der Waals surface area contributed by atoms with Crippen LogP contribution in [0.3, 0.4) is 0 Å². The minimum Gasteiger partial charge on any atom is -0.287 e. The molecule has 0 fully saturated rings. The van der Waals surface area contributed by atoms with E-state index in [9.17, 15) is 13.2 Å². The summed E-state index contributed by atoms with van der Waals surface area (Å²) in [6, 6.07) is 4.15. The largest absolute Gasteiger partial charge is 0.522 e. The topological polar surface area (TPSA) is 9.23 Å². The predicted molar refractivity (Wildman–Crippen MR) is 47.3 cm³/mol. The maximum atomic E-state index is 11.7. The zero-order valence-corrected chi connectivity index (χ0v) is 8.25. The molecule has 14 heavy (non-hydrogen) atoms. The van der Waals surface area contributed by atoms with E-state index in [2.05, 4.69) is 4.74 Å². The van der Waals surface area contributed by atoms with Crippen molar-refractivity contribution in [1.29, 1.82) is 0 Å². The summed E-state index contributed by atoms with van der Waals surface area (Å²) >= 11 is 11.2. The molecule has 0 unspecified atom stereocenters. The van der Waals surface area contributed by atoms with E-state index >= 15 is 0 Å². The standard InChI is InChI=1S/C8H5Cl2F3O/c9-6-1-5(2-7(10)3-6)4-14-8(11,12)13/h1-3H,4H2. The third-order valence-corrected chi connectivity index (χ3v) is 1.76. The first-order valence-corrected chi connectivity index (χ1v) is 4.28. The van der Waals surface area contributed by atoms with Crippen molar-refractivity contribution >= 4 is 23.2 Å². The molecule has 0 atom stereocenters. The van der Waals surface area contributed by atoms with Gasteiger partial charge in [0.25, 0.3) is 0 Å². The Labute approximate surface area is 88.4 Å². The van der Waals surface area contributed by atoms with E-state index in [1.807, 2.05) is 0 Å². The smallest absolute Gasteiger partial charge is 0.287 e. The van der Waals surface area contributed by atoms with Crippen LogP contribution in [0, 0.1) is 0 Å². The molecular weight excluding hydrogens is 240 g/mol. The highest BCUT2D eigenvalue weighted by atomic mass is 35.5. The van der Waals surface area contributed by atoms with Crippen LogP contribution in [-0.2, 0) is 11.3 Å². The molecule has 0 saturated carbocycles. The van der Waals surface area contributed by atoms with Gasteiger partial charge in [-0.25, -0.2) is 0 Å². The van der Waals surface area contributed by atoms with Crippen LogP contribution in [0.25, 0.3) is 0 Å². The molecule has 1 rings (SSSR count). The molecule has 0 amide bonds. The van der Waals surface area contributed by atoms with E-state index in [0.717, 1.165) is 0 Å². The molecule has 1 nitrogen and oxygen atoms in total. The van der Waals surface area contributed by atoms with Crippen molar-refractivity contribution in [2.75, 3.05) is 0 Å². The van der Waals surface area contributed by atoms with Crippen LogP contribution in [0.2, 0.25) is 10.0 Å². The Morgan fingerprint density at radius 3 is 2.00 bits per heavy atom. The van der Waals surface area contributed by atoms with Gasteiger partial charge in [-0.2, -0.15) is 0 Å². The number of hydrogen-bond donors (Lipinski definition) is 0. The molecule has 0 saturated heterocycles. The van der Waals surface area contributed by atoms with Crippen LogP contribution in [0.5, 0.6) is 0 Å². The van der Waals surface area contributed by atoms with Gasteiger partial charge < -0.3 is 0 Å². The van der Waals surface area contributed by atoms with E-state index in [1.165, 1.54) is 18.2 Å². The van der Waals surface area contributed by atoms with Gasteiger partial charge in [0.1, 0.15) is 0 Å². The lowest BCUT2D eigenvalue weighted by atomic mass is 10.2. The summed E-state index contributed by atoms with van der Waals surface area (Å²) in [6.45, 7) is -0.593. The van der Waals surface area contributed by atoms with Gasteiger partial charge in [-0.1, -0.05) is 23.2 Å². The second-order valence-corrected chi connectivity index (χ2v) is 3.38. The Balaban J connectivity index is 2.68. The van der Waals surface area contributed by atoms with Crippen molar-refractivity contribution in [3.63, 3.8) is 0 Å². The first-order valence-electron chi connectivity index (χ1n) is 3.52. The van der Waals surface area contributed by atoms with Crippen LogP contribution >= 0.6 is 23.2 Å². The molecule has 0 aliphatic rings. The van der Waals surface area contributed by atoms with Crippen LogP contribution in [-0.4, -0.2) is 6.36 Å². The van der Waals surface area contributed by atoms with Gasteiger partial charge in [0.15, 0.2) is 0 Å². The summed E-state index contributed by atoms with van der Waals surface area (Å²) in [5, 5.41) is 0.552. The lowest BCUT2D eigenvalue weighted by molar-refractivity contribution is -0.330. The van der Waals surface area contributed by atoms with Gasteiger partial charge in [0, 0.05) is 10.0 Å². The van der Waals surface area contributed by atoms with Crippen molar-refractivity contribution in [2.24, 2.45) is 0 Å². The zero-order valence-electron chi connectivity index (χ0n) is 6.74. The Kier molecular flexibility index (Phi) is 3.64. The average Bonchev–Trinajstić information content (AvgIpc) is 1.97. The van der Waals surface area contributed by atoms with E-state index < -0.39 is 13.0 Å². The summed E-state index contributed by atoms with van der Waals surface area (Å²) in [7, 11) is 0. The van der Waals surface area contributed by atoms with E-state index in [0.29, 0.717) is 0 Å². The number of rotatable bonds is 2. The Morgan fingerprint density at radius 1 is 1.07 bits per heavy atom. The molecule has 1 aromatic carbocycles. The fourth-order valence-corrected chi connectivity index (χ4v) is 1.43. The highest BCUT2D eigenvalue weighted by Gasteiger charge is 2.28. The molecule has 0 heterocycles. The second kappa shape index (κ2) is 4.38. The number of halogens is 5. The molecule has 0 radical (unpaired) electrons. The van der Waals surface area contributed by atoms with Crippen molar-refractivity contribution in [3.8, 4) is 0 Å². The van der Waals surface area contributed by atoms with Gasteiger partial charge in [-0.3, -0.25) is 4.74 Å². The van der Waals surface area contributed by atoms with E-state index in [4.69, 9.17) is 23.2 Å². The van der Waals surface area contributed by atoms with E-state index in [1.54, 1.807) is 0 Å². The molecule has 0 aliphatic heterocycles. The van der Waals surface area contributed by atoms with E-state index in [-0.39, 0.29) is 15.6 Å². The molecular formula is C8H5Cl2F3O. The Hall–Kier alpha value is -0.450. The van der Waals surface area contributed by atoms with Crippen LogP contribution in [0.4, 0.5) is 13.2 Å². The van der Waals surface area contributed by atoms with Crippen molar-refractivity contribution in [2.45, 2.75) is 13.0 Å². The molecule has 78 valence electrons. The maximum Gasteiger partial charge on any atom is 0.522 e. The monoisotopic (exact) mass is 244 g/mol. The molecule has 6 heteroatoms. The minimum absolute atomic E-state index is 0.276. The zero-order chi connectivity index (χ0) is 10.8. The lowest BCUT2D eigenvalue weighted by Crippen LogP contribution is -2.12. The number of ether oxygens (including phenoxy) is 1. The van der Waals surface area contributed by atoms with Crippen molar-refractivity contribution in [1.82, 2.24) is 0 Å². The molecule has 0 aliphatic carbocycles. The fourth-order valence-electron chi connectivity index (χ4n) is 0.859. The van der Waals surface area contributed by atoms with Crippen LogP contribution < -0.4 is 0 Å². The third-order valence-electron chi connectivity index (χ3n) is 1.32. The average molecular weight is 245 g/mol. The van der Waals surface area contributed by atoms with Crippen LogP contribution in [0.1, 0.15) is 5.56 Å². The summed E-state index contributed by atoms with van der Waals surface area (Å²) < 4.78 is 38.6. The Bertz CT molecular complexity index is 305. The lowest BCUT2D eigenvalue weighted by Gasteiger charge is -2.07. The normalized spacial score (nSPS) is 11.8. The minimum atomic E-state index is -4.64. The molecule has 0 bridgehead atoms. The molecule has 0 aromatic heterocycles. The Morgan fingerprint density at radius 2 is 1.57 bits per heavy atom. The quantitative estimate of drug-likeness (QED) is 0.764.